The Kier molecular flexibility index (Phi) is 2.98. The van der Waals surface area contributed by atoms with Crippen molar-refractivity contribution in [1.29, 1.82) is 0 Å². The van der Waals surface area contributed by atoms with Crippen molar-refractivity contribution >= 4 is 5.91 Å². The van der Waals surface area contributed by atoms with Gasteiger partial charge in [0.1, 0.15) is 0 Å². The fraction of sp³-hybridized carbons (Fsp3) is 0.909. The fourth-order valence-corrected chi connectivity index (χ4v) is 2.29. The molecular formula is C11H20N2O2. The number of ether oxygens (including phenoxy) is 1. The summed E-state index contributed by atoms with van der Waals surface area (Å²) < 4.78 is 5.28. The third kappa shape index (κ3) is 2.01. The number of likely N-dealkylation sites (tertiary alicyclic amines) is 1. The molecule has 0 unspecified atom stereocenters. The molecule has 1 amide bonds. The molecule has 2 rings (SSSR count). The zero-order valence-corrected chi connectivity index (χ0v) is 9.37. The Hall–Kier alpha value is -0.610. The number of hydrogen-bond donors (Lipinski definition) is 1. The second kappa shape index (κ2) is 4.10. The van der Waals surface area contributed by atoms with Gasteiger partial charge in [-0.1, -0.05) is 0 Å². The average Bonchev–Trinajstić information content (AvgIpc) is 3.09. The molecule has 4 heteroatoms. The molecule has 0 aromatic rings. The summed E-state index contributed by atoms with van der Waals surface area (Å²) in [7, 11) is 1.74. The van der Waals surface area contributed by atoms with Crippen LogP contribution in [-0.2, 0) is 9.53 Å². The van der Waals surface area contributed by atoms with Crippen LogP contribution in [0, 0.1) is 5.41 Å². The predicted molar refractivity (Wildman–Crippen MR) is 57.3 cm³/mol. The lowest BCUT2D eigenvalue weighted by Crippen LogP contribution is -2.45. The molecule has 2 fully saturated rings. The van der Waals surface area contributed by atoms with Crippen LogP contribution >= 0.6 is 0 Å². The van der Waals surface area contributed by atoms with Gasteiger partial charge in [-0.3, -0.25) is 4.79 Å². The number of amides is 1. The zero-order chi connectivity index (χ0) is 10.9. The number of carbonyl (C=O) groups is 1. The molecule has 0 aromatic carbocycles. The summed E-state index contributed by atoms with van der Waals surface area (Å²) in [6.07, 6.45) is 4.22. The highest BCUT2D eigenvalue weighted by atomic mass is 16.5. The second-order valence-electron chi connectivity index (χ2n) is 4.71. The van der Waals surface area contributed by atoms with Crippen molar-refractivity contribution in [1.82, 2.24) is 4.90 Å². The van der Waals surface area contributed by atoms with Crippen molar-refractivity contribution in [2.75, 3.05) is 26.7 Å². The molecule has 0 atom stereocenters. The van der Waals surface area contributed by atoms with Crippen LogP contribution in [0.5, 0.6) is 0 Å². The van der Waals surface area contributed by atoms with E-state index >= 15 is 0 Å². The Balaban J connectivity index is 1.88. The van der Waals surface area contributed by atoms with E-state index in [1.807, 2.05) is 4.90 Å². The number of methoxy groups -OCH3 is 1. The number of piperidine rings is 1. The summed E-state index contributed by atoms with van der Waals surface area (Å²) in [5.41, 5.74) is 5.48. The van der Waals surface area contributed by atoms with Crippen molar-refractivity contribution in [3.05, 3.63) is 0 Å². The summed E-state index contributed by atoms with van der Waals surface area (Å²) in [5.74, 6) is 0.277. The molecule has 15 heavy (non-hydrogen) atoms. The van der Waals surface area contributed by atoms with Gasteiger partial charge in [0.2, 0.25) is 5.91 Å². The minimum atomic E-state index is -0.181. The minimum Gasteiger partial charge on any atom is -0.381 e. The van der Waals surface area contributed by atoms with Gasteiger partial charge < -0.3 is 15.4 Å². The molecule has 1 aliphatic carbocycles. The van der Waals surface area contributed by atoms with E-state index in [0.29, 0.717) is 12.6 Å². The van der Waals surface area contributed by atoms with E-state index in [0.717, 1.165) is 38.8 Å². The van der Waals surface area contributed by atoms with Gasteiger partial charge in [-0.05, 0) is 25.7 Å². The summed E-state index contributed by atoms with van der Waals surface area (Å²) >= 11 is 0. The lowest BCUT2D eigenvalue weighted by molar-refractivity contribution is -0.139. The highest BCUT2D eigenvalue weighted by Gasteiger charge is 2.50. The molecule has 0 aromatic heterocycles. The quantitative estimate of drug-likeness (QED) is 0.735. The Morgan fingerprint density at radius 3 is 2.47 bits per heavy atom. The Morgan fingerprint density at radius 2 is 2.07 bits per heavy atom. The van der Waals surface area contributed by atoms with Gasteiger partial charge in [-0.15, -0.1) is 0 Å². The molecule has 1 heterocycles. The summed E-state index contributed by atoms with van der Waals surface area (Å²) in [6.45, 7) is 2.17. The van der Waals surface area contributed by atoms with Gasteiger partial charge in [0.05, 0.1) is 11.5 Å². The maximum Gasteiger partial charge on any atom is 0.230 e. The molecular weight excluding hydrogens is 192 g/mol. The van der Waals surface area contributed by atoms with E-state index in [4.69, 9.17) is 10.5 Å². The van der Waals surface area contributed by atoms with E-state index in [2.05, 4.69) is 0 Å². The summed E-state index contributed by atoms with van der Waals surface area (Å²) in [6, 6.07) is 0. The van der Waals surface area contributed by atoms with Crippen LogP contribution in [0.3, 0.4) is 0 Å². The van der Waals surface area contributed by atoms with Gasteiger partial charge in [0.15, 0.2) is 0 Å². The highest BCUT2D eigenvalue weighted by Crippen LogP contribution is 2.46. The van der Waals surface area contributed by atoms with Gasteiger partial charge in [-0.25, -0.2) is 0 Å². The third-order valence-corrected chi connectivity index (χ3v) is 3.76. The highest BCUT2D eigenvalue weighted by molar-refractivity contribution is 5.85. The first kappa shape index (κ1) is 10.9. The lowest BCUT2D eigenvalue weighted by Gasteiger charge is -2.33. The van der Waals surface area contributed by atoms with Crippen molar-refractivity contribution in [2.24, 2.45) is 11.1 Å². The van der Waals surface area contributed by atoms with Crippen LogP contribution < -0.4 is 5.73 Å². The third-order valence-electron chi connectivity index (χ3n) is 3.76. The Labute approximate surface area is 90.8 Å². The van der Waals surface area contributed by atoms with Gasteiger partial charge in [0, 0.05) is 26.7 Å². The first-order chi connectivity index (χ1) is 7.22. The van der Waals surface area contributed by atoms with Crippen LogP contribution in [0.2, 0.25) is 0 Å². The largest absolute Gasteiger partial charge is 0.381 e. The molecule has 0 bridgehead atoms. The van der Waals surface area contributed by atoms with Crippen LogP contribution in [0.25, 0.3) is 0 Å². The van der Waals surface area contributed by atoms with E-state index in [1.54, 1.807) is 7.11 Å². The molecule has 2 N–H and O–H groups in total. The predicted octanol–water partition coefficient (Wildman–Crippen LogP) is 0.363. The standard InChI is InChI=1S/C11H20N2O2/c1-15-9-2-6-13(7-3-9)10(14)11(8-12)4-5-11/h9H,2-8,12H2,1H3. The first-order valence-electron chi connectivity index (χ1n) is 5.74. The Morgan fingerprint density at radius 1 is 1.47 bits per heavy atom. The monoisotopic (exact) mass is 212 g/mol. The molecule has 1 aliphatic heterocycles. The smallest absolute Gasteiger partial charge is 0.230 e. The van der Waals surface area contributed by atoms with Gasteiger partial charge in [-0.2, -0.15) is 0 Å². The van der Waals surface area contributed by atoms with Crippen molar-refractivity contribution in [3.8, 4) is 0 Å². The molecule has 86 valence electrons. The van der Waals surface area contributed by atoms with E-state index < -0.39 is 0 Å². The van der Waals surface area contributed by atoms with Crippen molar-refractivity contribution in [3.63, 3.8) is 0 Å². The maximum absolute atomic E-state index is 12.1. The number of nitrogens with two attached hydrogens (primary N) is 1. The number of hydrogen-bond acceptors (Lipinski definition) is 3. The van der Waals surface area contributed by atoms with Crippen LogP contribution in [0.15, 0.2) is 0 Å². The number of carbonyl (C=O) groups excluding carboxylic acids is 1. The van der Waals surface area contributed by atoms with Gasteiger partial charge in [0.25, 0.3) is 0 Å². The topological polar surface area (TPSA) is 55.6 Å². The summed E-state index contributed by atoms with van der Waals surface area (Å²) in [4.78, 5) is 14.1. The zero-order valence-electron chi connectivity index (χ0n) is 9.37. The van der Waals surface area contributed by atoms with Crippen LogP contribution in [0.4, 0.5) is 0 Å². The van der Waals surface area contributed by atoms with Crippen molar-refractivity contribution < 1.29 is 9.53 Å². The fourth-order valence-electron chi connectivity index (χ4n) is 2.29. The van der Waals surface area contributed by atoms with E-state index in [9.17, 15) is 4.79 Å². The molecule has 0 radical (unpaired) electrons. The average molecular weight is 212 g/mol. The van der Waals surface area contributed by atoms with Crippen LogP contribution in [0.1, 0.15) is 25.7 Å². The van der Waals surface area contributed by atoms with Crippen molar-refractivity contribution in [2.45, 2.75) is 31.8 Å². The van der Waals surface area contributed by atoms with Gasteiger partial charge >= 0.3 is 0 Å². The molecule has 1 saturated carbocycles. The lowest BCUT2D eigenvalue weighted by atomic mass is 10.0. The normalized spacial score (nSPS) is 25.3. The number of rotatable bonds is 3. The van der Waals surface area contributed by atoms with E-state index in [-0.39, 0.29) is 11.3 Å². The molecule has 2 aliphatic rings. The second-order valence-corrected chi connectivity index (χ2v) is 4.71. The van der Waals surface area contributed by atoms with Crippen LogP contribution in [-0.4, -0.2) is 43.7 Å². The minimum absolute atomic E-state index is 0.181. The summed E-state index contributed by atoms with van der Waals surface area (Å²) in [5, 5.41) is 0. The molecule has 1 saturated heterocycles. The molecule has 4 nitrogen and oxygen atoms in total. The maximum atomic E-state index is 12.1. The Bertz CT molecular complexity index is 243. The first-order valence-corrected chi connectivity index (χ1v) is 5.74. The number of nitrogens with zero attached hydrogens (tertiary/aromatic N) is 1. The SMILES string of the molecule is COC1CCN(C(=O)C2(CN)CC2)CC1. The van der Waals surface area contributed by atoms with E-state index in [1.165, 1.54) is 0 Å². The molecule has 0 spiro atoms.